The molecule has 1 aromatic heterocycles. The maximum atomic E-state index is 6.19. The predicted molar refractivity (Wildman–Crippen MR) is 77.8 cm³/mol. The fraction of sp³-hybridized carbons (Fsp3) is 0.786. The van der Waals surface area contributed by atoms with Crippen molar-refractivity contribution in [3.8, 4) is 0 Å². The van der Waals surface area contributed by atoms with Crippen LogP contribution in [0.2, 0.25) is 0 Å². The third-order valence-corrected chi connectivity index (χ3v) is 4.07. The van der Waals surface area contributed by atoms with E-state index in [1.54, 1.807) is 0 Å². The lowest BCUT2D eigenvalue weighted by Gasteiger charge is -2.32. The third kappa shape index (κ3) is 3.55. The quantitative estimate of drug-likeness (QED) is 0.851. The molecule has 5 heteroatoms. The van der Waals surface area contributed by atoms with E-state index in [0.29, 0.717) is 0 Å². The summed E-state index contributed by atoms with van der Waals surface area (Å²) in [6.07, 6.45) is 5.30. The highest BCUT2D eigenvalue weighted by molar-refractivity contribution is 5.12. The van der Waals surface area contributed by atoms with E-state index in [1.807, 2.05) is 17.9 Å². The molecule has 0 aliphatic carbocycles. The molecular formula is C14H27N5. The summed E-state index contributed by atoms with van der Waals surface area (Å²) in [6, 6.07) is 0.355. The van der Waals surface area contributed by atoms with Crippen LogP contribution in [0.25, 0.3) is 0 Å². The maximum absolute atomic E-state index is 6.19. The fourth-order valence-corrected chi connectivity index (χ4v) is 3.25. The smallest absolute Gasteiger partial charge is 0.0538 e. The van der Waals surface area contributed by atoms with Gasteiger partial charge in [-0.25, -0.2) is 0 Å². The number of nitrogens with two attached hydrogens (primary N) is 1. The Bertz CT molecular complexity index is 400. The zero-order chi connectivity index (χ0) is 14.0. The van der Waals surface area contributed by atoms with Crippen LogP contribution in [-0.2, 0) is 7.05 Å². The van der Waals surface area contributed by atoms with Crippen molar-refractivity contribution in [3.63, 3.8) is 0 Å². The van der Waals surface area contributed by atoms with Crippen LogP contribution in [0.3, 0.4) is 0 Å². The standard InChI is InChI=1S/C14H27N5/c1-11(15)14(13-7-16-19(4)10-13)18(3)9-12-5-6-17(2)8-12/h7,10-12,14H,5-6,8-9,15H2,1-4H3. The van der Waals surface area contributed by atoms with Gasteiger partial charge in [-0.2, -0.15) is 5.10 Å². The Hall–Kier alpha value is -0.910. The first kappa shape index (κ1) is 14.5. The van der Waals surface area contributed by atoms with E-state index in [0.717, 1.165) is 12.5 Å². The average molecular weight is 265 g/mol. The number of rotatable bonds is 5. The first-order valence-electron chi connectivity index (χ1n) is 7.10. The highest BCUT2D eigenvalue weighted by Crippen LogP contribution is 2.24. The molecular weight excluding hydrogens is 238 g/mol. The summed E-state index contributed by atoms with van der Waals surface area (Å²) in [5.74, 6) is 0.757. The molecule has 0 amide bonds. The second kappa shape index (κ2) is 6.03. The van der Waals surface area contributed by atoms with Gasteiger partial charge in [0, 0.05) is 37.9 Å². The zero-order valence-electron chi connectivity index (χ0n) is 12.6. The molecule has 1 aliphatic heterocycles. The van der Waals surface area contributed by atoms with Crippen molar-refractivity contribution in [1.29, 1.82) is 0 Å². The average Bonchev–Trinajstić information content (AvgIpc) is 2.88. The second-order valence-electron chi connectivity index (χ2n) is 6.11. The van der Waals surface area contributed by atoms with Crippen LogP contribution < -0.4 is 5.73 Å². The van der Waals surface area contributed by atoms with E-state index in [4.69, 9.17) is 5.73 Å². The van der Waals surface area contributed by atoms with Crippen molar-refractivity contribution in [2.75, 3.05) is 33.7 Å². The Morgan fingerprint density at radius 1 is 1.53 bits per heavy atom. The Labute approximate surface area is 116 Å². The number of hydrogen-bond donors (Lipinski definition) is 1. The fourth-order valence-electron chi connectivity index (χ4n) is 3.25. The molecule has 0 aromatic carbocycles. The zero-order valence-corrected chi connectivity index (χ0v) is 12.6. The van der Waals surface area contributed by atoms with Crippen molar-refractivity contribution >= 4 is 0 Å². The minimum atomic E-state index is 0.105. The van der Waals surface area contributed by atoms with Gasteiger partial charge in [0.2, 0.25) is 0 Å². The number of hydrogen-bond acceptors (Lipinski definition) is 4. The number of likely N-dealkylation sites (N-methyl/N-ethyl adjacent to an activating group) is 1. The summed E-state index contributed by atoms with van der Waals surface area (Å²) in [5, 5.41) is 4.27. The molecule has 3 atom stereocenters. The molecule has 2 N–H and O–H groups in total. The number of aryl methyl sites for hydroxylation is 1. The van der Waals surface area contributed by atoms with E-state index in [1.165, 1.54) is 25.1 Å². The van der Waals surface area contributed by atoms with Gasteiger partial charge in [-0.15, -0.1) is 0 Å². The van der Waals surface area contributed by atoms with Crippen LogP contribution in [0.15, 0.2) is 12.4 Å². The van der Waals surface area contributed by atoms with Crippen LogP contribution in [0.5, 0.6) is 0 Å². The molecule has 5 nitrogen and oxygen atoms in total. The van der Waals surface area contributed by atoms with Gasteiger partial charge < -0.3 is 10.6 Å². The number of aromatic nitrogens is 2. The van der Waals surface area contributed by atoms with Crippen LogP contribution >= 0.6 is 0 Å². The van der Waals surface area contributed by atoms with Crippen molar-refractivity contribution in [3.05, 3.63) is 18.0 Å². The molecule has 0 bridgehead atoms. The summed E-state index contributed by atoms with van der Waals surface area (Å²) < 4.78 is 1.85. The normalized spacial score (nSPS) is 24.0. The minimum Gasteiger partial charge on any atom is -0.326 e. The van der Waals surface area contributed by atoms with Crippen LogP contribution in [0, 0.1) is 5.92 Å². The van der Waals surface area contributed by atoms with Crippen molar-refractivity contribution in [1.82, 2.24) is 19.6 Å². The lowest BCUT2D eigenvalue weighted by Crippen LogP contribution is -2.39. The molecule has 1 fully saturated rings. The van der Waals surface area contributed by atoms with Gasteiger partial charge in [0.05, 0.1) is 12.2 Å². The molecule has 2 heterocycles. The van der Waals surface area contributed by atoms with Gasteiger partial charge >= 0.3 is 0 Å². The van der Waals surface area contributed by atoms with E-state index < -0.39 is 0 Å². The Morgan fingerprint density at radius 3 is 2.74 bits per heavy atom. The molecule has 0 saturated carbocycles. The van der Waals surface area contributed by atoms with Gasteiger partial charge in [-0.3, -0.25) is 9.58 Å². The molecule has 19 heavy (non-hydrogen) atoms. The molecule has 1 aromatic rings. The first-order valence-corrected chi connectivity index (χ1v) is 7.10. The molecule has 0 radical (unpaired) electrons. The summed E-state index contributed by atoms with van der Waals surface area (Å²) in [6.45, 7) is 5.59. The topological polar surface area (TPSA) is 50.3 Å². The Morgan fingerprint density at radius 2 is 2.26 bits per heavy atom. The first-order chi connectivity index (χ1) is 8.97. The molecule has 2 rings (SSSR count). The van der Waals surface area contributed by atoms with Crippen LogP contribution in [0.1, 0.15) is 24.9 Å². The van der Waals surface area contributed by atoms with E-state index in [2.05, 4.69) is 42.1 Å². The highest BCUT2D eigenvalue weighted by Gasteiger charge is 2.27. The largest absolute Gasteiger partial charge is 0.326 e. The van der Waals surface area contributed by atoms with Gasteiger partial charge in [0.15, 0.2) is 0 Å². The van der Waals surface area contributed by atoms with Gasteiger partial charge in [0.1, 0.15) is 0 Å². The summed E-state index contributed by atoms with van der Waals surface area (Å²) in [4.78, 5) is 4.80. The molecule has 0 spiro atoms. The molecule has 108 valence electrons. The minimum absolute atomic E-state index is 0.105. The third-order valence-electron chi connectivity index (χ3n) is 4.07. The Balaban J connectivity index is 2.02. The van der Waals surface area contributed by atoms with Gasteiger partial charge in [0.25, 0.3) is 0 Å². The lowest BCUT2D eigenvalue weighted by molar-refractivity contribution is 0.187. The predicted octanol–water partition coefficient (Wildman–Crippen LogP) is 0.692. The van der Waals surface area contributed by atoms with Crippen molar-refractivity contribution in [2.24, 2.45) is 18.7 Å². The molecule has 3 unspecified atom stereocenters. The van der Waals surface area contributed by atoms with E-state index in [9.17, 15) is 0 Å². The summed E-state index contributed by atoms with van der Waals surface area (Å²) >= 11 is 0. The van der Waals surface area contributed by atoms with Crippen LogP contribution in [0.4, 0.5) is 0 Å². The van der Waals surface area contributed by atoms with Gasteiger partial charge in [-0.1, -0.05) is 0 Å². The lowest BCUT2D eigenvalue weighted by atomic mass is 10.0. The van der Waals surface area contributed by atoms with E-state index in [-0.39, 0.29) is 12.1 Å². The molecule has 1 aliphatic rings. The second-order valence-corrected chi connectivity index (χ2v) is 6.11. The Kier molecular flexibility index (Phi) is 4.60. The SMILES string of the molecule is CC(N)C(c1cnn(C)c1)N(C)CC1CCN(C)C1. The summed E-state index contributed by atoms with van der Waals surface area (Å²) in [7, 11) is 6.33. The number of likely N-dealkylation sites (tertiary alicyclic amines) is 1. The number of nitrogens with zero attached hydrogens (tertiary/aromatic N) is 4. The van der Waals surface area contributed by atoms with Crippen LogP contribution in [-0.4, -0.2) is 59.4 Å². The highest BCUT2D eigenvalue weighted by atomic mass is 15.3. The van der Waals surface area contributed by atoms with Gasteiger partial charge in [-0.05, 0) is 39.9 Å². The maximum Gasteiger partial charge on any atom is 0.0538 e. The monoisotopic (exact) mass is 265 g/mol. The molecule has 1 saturated heterocycles. The van der Waals surface area contributed by atoms with Crippen molar-refractivity contribution in [2.45, 2.75) is 25.4 Å². The summed E-state index contributed by atoms with van der Waals surface area (Å²) in [5.41, 5.74) is 7.41. The van der Waals surface area contributed by atoms with E-state index >= 15 is 0 Å². The van der Waals surface area contributed by atoms with Crippen molar-refractivity contribution < 1.29 is 0 Å².